The molecule has 0 aliphatic carbocycles. The number of hydrogen-bond acceptors (Lipinski definition) is 5. The lowest BCUT2D eigenvalue weighted by Crippen LogP contribution is -2.60. The van der Waals surface area contributed by atoms with E-state index in [0.717, 1.165) is 24.1 Å². The molecule has 26 heavy (non-hydrogen) atoms. The molecule has 7 nitrogen and oxygen atoms in total. The highest BCUT2D eigenvalue weighted by Gasteiger charge is 2.56. The summed E-state index contributed by atoms with van der Waals surface area (Å²) in [4.78, 5) is 36.8. The third-order valence-corrected chi connectivity index (χ3v) is 5.28. The fraction of sp³-hybridized carbons (Fsp3) is 0.421. The number of carbonyl (C=O) groups excluding carboxylic acids is 2. The summed E-state index contributed by atoms with van der Waals surface area (Å²) < 4.78 is 5.37. The van der Waals surface area contributed by atoms with Crippen LogP contribution in [0.3, 0.4) is 0 Å². The Hall–Kier alpha value is -2.67. The van der Waals surface area contributed by atoms with Crippen LogP contribution in [-0.4, -0.2) is 45.5 Å². The van der Waals surface area contributed by atoms with Crippen molar-refractivity contribution in [2.75, 3.05) is 0 Å². The predicted octanol–water partition coefficient (Wildman–Crippen LogP) is 1.22. The second kappa shape index (κ2) is 7.29. The standard InChI is InChI=1S/C19H22N2O5/c20-18(25)19-9-8-14(21(19)12-13-4-2-1-3-5-13)10-15(11-19)26-17(24)7-6-16(22)23/h1-7,14-15H,8-12H2,(H2,20,25)(H,22,23)/b7-6+/t14?,15-,19?/m0/s1. The molecule has 2 aliphatic rings. The van der Waals surface area contributed by atoms with Gasteiger partial charge >= 0.3 is 11.9 Å². The summed E-state index contributed by atoms with van der Waals surface area (Å²) in [7, 11) is 0. The molecule has 0 saturated carbocycles. The highest BCUT2D eigenvalue weighted by Crippen LogP contribution is 2.45. The van der Waals surface area contributed by atoms with Gasteiger partial charge in [0.2, 0.25) is 5.91 Å². The predicted molar refractivity (Wildman–Crippen MR) is 92.8 cm³/mol. The molecule has 0 aromatic heterocycles. The first-order valence-electron chi connectivity index (χ1n) is 8.63. The molecule has 2 fully saturated rings. The fourth-order valence-electron chi connectivity index (χ4n) is 4.14. The van der Waals surface area contributed by atoms with Crippen molar-refractivity contribution in [3.05, 3.63) is 48.0 Å². The highest BCUT2D eigenvalue weighted by atomic mass is 16.5. The number of benzene rings is 1. The molecule has 2 saturated heterocycles. The van der Waals surface area contributed by atoms with E-state index in [-0.39, 0.29) is 6.04 Å². The van der Waals surface area contributed by atoms with E-state index >= 15 is 0 Å². The van der Waals surface area contributed by atoms with E-state index in [9.17, 15) is 14.4 Å². The van der Waals surface area contributed by atoms with Crippen LogP contribution in [0.25, 0.3) is 0 Å². The molecule has 2 aliphatic heterocycles. The van der Waals surface area contributed by atoms with Gasteiger partial charge in [-0.3, -0.25) is 9.69 Å². The van der Waals surface area contributed by atoms with Gasteiger partial charge in [0.25, 0.3) is 0 Å². The molecule has 1 aromatic rings. The molecule has 2 heterocycles. The number of nitrogens with zero attached hydrogens (tertiary/aromatic N) is 1. The lowest BCUT2D eigenvalue weighted by Gasteiger charge is -2.45. The van der Waals surface area contributed by atoms with Gasteiger partial charge < -0.3 is 15.6 Å². The van der Waals surface area contributed by atoms with Crippen molar-refractivity contribution < 1.29 is 24.2 Å². The number of fused-ring (bicyclic) bond motifs is 2. The molecule has 7 heteroatoms. The molecule has 1 amide bonds. The number of aliphatic carboxylic acids is 1. The number of esters is 1. The van der Waals surface area contributed by atoms with Gasteiger partial charge in [0.05, 0.1) is 0 Å². The molecule has 138 valence electrons. The lowest BCUT2D eigenvalue weighted by atomic mass is 9.85. The van der Waals surface area contributed by atoms with Crippen LogP contribution >= 0.6 is 0 Å². The van der Waals surface area contributed by atoms with Crippen LogP contribution in [0.1, 0.15) is 31.2 Å². The summed E-state index contributed by atoms with van der Waals surface area (Å²) in [6.07, 6.45) is 3.57. The number of carbonyl (C=O) groups is 3. The maximum absolute atomic E-state index is 12.3. The molecule has 2 unspecified atom stereocenters. The Labute approximate surface area is 151 Å². The van der Waals surface area contributed by atoms with E-state index in [0.29, 0.717) is 25.8 Å². The summed E-state index contributed by atoms with van der Waals surface area (Å²) in [6.45, 7) is 0.619. The Balaban J connectivity index is 1.75. The van der Waals surface area contributed by atoms with Crippen molar-refractivity contribution >= 4 is 17.8 Å². The summed E-state index contributed by atoms with van der Waals surface area (Å²) in [5.41, 5.74) is 6.03. The van der Waals surface area contributed by atoms with E-state index in [2.05, 4.69) is 4.90 Å². The van der Waals surface area contributed by atoms with Crippen molar-refractivity contribution in [2.45, 2.75) is 49.9 Å². The number of ether oxygens (including phenoxy) is 1. The van der Waals surface area contributed by atoms with E-state index in [4.69, 9.17) is 15.6 Å². The average Bonchev–Trinajstić information content (AvgIpc) is 2.81. The second-order valence-corrected chi connectivity index (χ2v) is 6.87. The Morgan fingerprint density at radius 3 is 2.65 bits per heavy atom. The van der Waals surface area contributed by atoms with E-state index < -0.39 is 29.5 Å². The largest absolute Gasteiger partial charge is 0.478 e. The summed E-state index contributed by atoms with van der Waals surface area (Å²) in [5, 5.41) is 8.59. The van der Waals surface area contributed by atoms with Gasteiger partial charge in [0.15, 0.2) is 0 Å². The van der Waals surface area contributed by atoms with E-state index in [1.165, 1.54) is 0 Å². The topological polar surface area (TPSA) is 110 Å². The lowest BCUT2D eigenvalue weighted by molar-refractivity contribution is -0.154. The van der Waals surface area contributed by atoms with Gasteiger partial charge in [-0.15, -0.1) is 0 Å². The smallest absolute Gasteiger partial charge is 0.331 e. The monoisotopic (exact) mass is 358 g/mol. The number of hydrogen-bond donors (Lipinski definition) is 2. The first-order chi connectivity index (χ1) is 12.4. The van der Waals surface area contributed by atoms with E-state index in [1.807, 2.05) is 30.3 Å². The van der Waals surface area contributed by atoms with Crippen molar-refractivity contribution in [1.29, 1.82) is 0 Å². The first-order valence-corrected chi connectivity index (χ1v) is 8.63. The van der Waals surface area contributed by atoms with Gasteiger partial charge in [-0.05, 0) is 18.4 Å². The van der Waals surface area contributed by atoms with Crippen LogP contribution in [0.4, 0.5) is 0 Å². The number of amides is 1. The first kappa shape index (κ1) is 18.1. The molecular formula is C19H22N2O5. The summed E-state index contributed by atoms with van der Waals surface area (Å²) >= 11 is 0. The van der Waals surface area contributed by atoms with E-state index in [1.54, 1.807) is 0 Å². The van der Waals surface area contributed by atoms with Crippen LogP contribution in [-0.2, 0) is 25.7 Å². The minimum atomic E-state index is -1.21. The molecule has 3 rings (SSSR count). The number of piperidine rings is 1. The molecular weight excluding hydrogens is 336 g/mol. The number of rotatable bonds is 6. The number of carboxylic acid groups (broad SMARTS) is 1. The Morgan fingerprint density at radius 2 is 2.00 bits per heavy atom. The SMILES string of the molecule is NC(=O)C12CCC(C[C@H](OC(=O)/C=C/C(=O)O)C1)N2Cc1ccccc1. The zero-order chi connectivity index (χ0) is 18.7. The average molecular weight is 358 g/mol. The molecule has 3 atom stereocenters. The minimum Gasteiger partial charge on any atom is -0.478 e. The Bertz CT molecular complexity index is 733. The van der Waals surface area contributed by atoms with Crippen molar-refractivity contribution in [3.8, 4) is 0 Å². The normalized spacial score (nSPS) is 28.2. The van der Waals surface area contributed by atoms with Crippen LogP contribution < -0.4 is 5.73 Å². The zero-order valence-electron chi connectivity index (χ0n) is 14.3. The maximum atomic E-state index is 12.3. The van der Waals surface area contributed by atoms with Crippen molar-refractivity contribution in [2.24, 2.45) is 5.73 Å². The third kappa shape index (κ3) is 3.62. The Morgan fingerprint density at radius 1 is 1.27 bits per heavy atom. The maximum Gasteiger partial charge on any atom is 0.331 e. The van der Waals surface area contributed by atoms with Crippen LogP contribution in [0, 0.1) is 0 Å². The Kier molecular flexibility index (Phi) is 5.08. The van der Waals surface area contributed by atoms with Gasteiger partial charge in [0.1, 0.15) is 11.6 Å². The number of nitrogens with two attached hydrogens (primary N) is 1. The minimum absolute atomic E-state index is 0.0951. The molecule has 0 radical (unpaired) electrons. The van der Waals surface area contributed by atoms with Crippen molar-refractivity contribution in [1.82, 2.24) is 4.90 Å². The van der Waals surface area contributed by atoms with Gasteiger partial charge in [-0.25, -0.2) is 9.59 Å². The molecule has 3 N–H and O–H groups in total. The van der Waals surface area contributed by atoms with Gasteiger partial charge in [-0.1, -0.05) is 30.3 Å². The van der Waals surface area contributed by atoms with Crippen LogP contribution in [0.2, 0.25) is 0 Å². The molecule has 1 aromatic carbocycles. The van der Waals surface area contributed by atoms with Crippen LogP contribution in [0.15, 0.2) is 42.5 Å². The zero-order valence-corrected chi connectivity index (χ0v) is 14.3. The third-order valence-electron chi connectivity index (χ3n) is 5.28. The van der Waals surface area contributed by atoms with Crippen molar-refractivity contribution in [3.63, 3.8) is 0 Å². The quantitative estimate of drug-likeness (QED) is 0.584. The molecule has 0 spiro atoms. The highest BCUT2D eigenvalue weighted by molar-refractivity contribution is 5.91. The molecule has 2 bridgehead atoms. The van der Waals surface area contributed by atoms with Gasteiger partial charge in [-0.2, -0.15) is 0 Å². The van der Waals surface area contributed by atoms with Gasteiger partial charge in [0, 0.05) is 37.6 Å². The summed E-state index contributed by atoms with van der Waals surface area (Å²) in [5.74, 6) is -2.33. The number of primary amides is 1. The van der Waals surface area contributed by atoms with Crippen LogP contribution in [0.5, 0.6) is 0 Å². The number of carboxylic acids is 1. The summed E-state index contributed by atoms with van der Waals surface area (Å²) in [6, 6.07) is 9.97. The fourth-order valence-corrected chi connectivity index (χ4v) is 4.14. The second-order valence-electron chi connectivity index (χ2n) is 6.87.